The Morgan fingerprint density at radius 2 is 1.95 bits per heavy atom. The third-order valence-electron chi connectivity index (χ3n) is 4.21. The third-order valence-corrected chi connectivity index (χ3v) is 4.21. The van der Waals surface area contributed by atoms with Crippen molar-refractivity contribution in [1.29, 1.82) is 0 Å². The van der Waals surface area contributed by atoms with Gasteiger partial charge in [0.1, 0.15) is 5.54 Å². The van der Waals surface area contributed by atoms with E-state index in [2.05, 4.69) is 31.1 Å². The predicted molar refractivity (Wildman–Crippen MR) is 87.4 cm³/mol. The van der Waals surface area contributed by atoms with Crippen LogP contribution in [-0.4, -0.2) is 49.2 Å². The van der Waals surface area contributed by atoms with Crippen LogP contribution in [-0.2, 0) is 9.53 Å². The van der Waals surface area contributed by atoms with Gasteiger partial charge >= 0.3 is 5.97 Å². The molecule has 0 aliphatic heterocycles. The molecule has 124 valence electrons. The van der Waals surface area contributed by atoms with E-state index in [1.807, 2.05) is 13.8 Å². The minimum atomic E-state index is -0.631. The first-order chi connectivity index (χ1) is 9.87. The second kappa shape index (κ2) is 8.74. The van der Waals surface area contributed by atoms with Gasteiger partial charge in [0.2, 0.25) is 0 Å². The number of hydrogen-bond acceptors (Lipinski definition) is 4. The van der Waals surface area contributed by atoms with Gasteiger partial charge in [0, 0.05) is 19.1 Å². The van der Waals surface area contributed by atoms with Crippen molar-refractivity contribution in [2.75, 3.05) is 26.7 Å². The van der Waals surface area contributed by atoms with E-state index in [0.29, 0.717) is 13.2 Å². The molecule has 0 aromatic heterocycles. The van der Waals surface area contributed by atoms with Gasteiger partial charge in [-0.3, -0.25) is 10.1 Å². The Kier molecular flexibility index (Phi) is 7.67. The molecule has 0 spiro atoms. The van der Waals surface area contributed by atoms with Gasteiger partial charge in [-0.1, -0.05) is 19.3 Å². The van der Waals surface area contributed by atoms with Gasteiger partial charge in [-0.2, -0.15) is 0 Å². The maximum Gasteiger partial charge on any atom is 0.327 e. The summed E-state index contributed by atoms with van der Waals surface area (Å²) < 4.78 is 5.27. The number of nitrogens with one attached hydrogen (secondary N) is 1. The van der Waals surface area contributed by atoms with E-state index in [4.69, 9.17) is 4.74 Å². The third kappa shape index (κ3) is 6.35. The summed E-state index contributed by atoms with van der Waals surface area (Å²) in [7, 11) is 2.12. The molecule has 1 fully saturated rings. The molecule has 4 heteroatoms. The van der Waals surface area contributed by atoms with Gasteiger partial charge in [0.05, 0.1) is 6.61 Å². The lowest BCUT2D eigenvalue weighted by Gasteiger charge is -2.36. The topological polar surface area (TPSA) is 41.6 Å². The first kappa shape index (κ1) is 18.4. The van der Waals surface area contributed by atoms with Crippen LogP contribution < -0.4 is 5.32 Å². The second-order valence-electron chi connectivity index (χ2n) is 7.05. The maximum absolute atomic E-state index is 12.3. The summed E-state index contributed by atoms with van der Waals surface area (Å²) in [5.74, 6) is 0.642. The summed E-state index contributed by atoms with van der Waals surface area (Å²) in [6.45, 7) is 10.2. The van der Waals surface area contributed by atoms with Crippen molar-refractivity contribution in [3.05, 3.63) is 0 Å². The molecular weight excluding hydrogens is 264 g/mol. The van der Waals surface area contributed by atoms with Crippen LogP contribution >= 0.6 is 0 Å². The first-order valence-electron chi connectivity index (χ1n) is 8.51. The summed E-state index contributed by atoms with van der Waals surface area (Å²) in [4.78, 5) is 14.6. The molecule has 4 nitrogen and oxygen atoms in total. The van der Waals surface area contributed by atoms with Gasteiger partial charge in [-0.15, -0.1) is 0 Å². The molecule has 1 N–H and O–H groups in total. The normalized spacial score (nSPS) is 19.8. The largest absolute Gasteiger partial charge is 0.465 e. The fourth-order valence-corrected chi connectivity index (χ4v) is 3.51. The van der Waals surface area contributed by atoms with Gasteiger partial charge in [0.25, 0.3) is 0 Å². The summed E-state index contributed by atoms with van der Waals surface area (Å²) in [5.41, 5.74) is -0.631. The molecule has 0 aromatic rings. The van der Waals surface area contributed by atoms with E-state index >= 15 is 0 Å². The highest BCUT2D eigenvalue weighted by Crippen LogP contribution is 2.24. The Hall–Kier alpha value is -0.610. The first-order valence-corrected chi connectivity index (χ1v) is 8.51. The molecule has 1 saturated carbocycles. The van der Waals surface area contributed by atoms with Crippen molar-refractivity contribution >= 4 is 5.97 Å². The smallest absolute Gasteiger partial charge is 0.327 e. The number of carbonyl (C=O) groups excluding carboxylic acids is 1. The van der Waals surface area contributed by atoms with Crippen LogP contribution in [0.2, 0.25) is 0 Å². The monoisotopic (exact) mass is 298 g/mol. The van der Waals surface area contributed by atoms with E-state index in [9.17, 15) is 4.79 Å². The van der Waals surface area contributed by atoms with E-state index in [0.717, 1.165) is 12.5 Å². The summed E-state index contributed by atoms with van der Waals surface area (Å²) in [6.07, 6.45) is 6.77. The highest BCUT2D eigenvalue weighted by molar-refractivity contribution is 5.80. The van der Waals surface area contributed by atoms with Gasteiger partial charge in [0.15, 0.2) is 0 Å². The fraction of sp³-hybridized carbons (Fsp3) is 0.941. The van der Waals surface area contributed by atoms with Gasteiger partial charge in [-0.25, -0.2) is 0 Å². The number of nitrogens with zero attached hydrogens (tertiary/aromatic N) is 1. The molecular formula is C17H34N2O2. The molecule has 0 radical (unpaired) electrons. The summed E-state index contributed by atoms with van der Waals surface area (Å²) >= 11 is 0. The van der Waals surface area contributed by atoms with Crippen molar-refractivity contribution in [3.8, 4) is 0 Å². The van der Waals surface area contributed by atoms with Crippen LogP contribution in [0.4, 0.5) is 0 Å². The van der Waals surface area contributed by atoms with Crippen LogP contribution in [0.1, 0.15) is 59.8 Å². The Morgan fingerprint density at radius 1 is 1.33 bits per heavy atom. The van der Waals surface area contributed by atoms with Crippen LogP contribution in [0.25, 0.3) is 0 Å². The zero-order chi connectivity index (χ0) is 15.9. The van der Waals surface area contributed by atoms with E-state index in [1.165, 1.54) is 32.1 Å². The molecule has 0 amide bonds. The minimum Gasteiger partial charge on any atom is -0.465 e. The SMILES string of the molecule is CCOC(=O)C(C)(CN(C)CC1CCCCC1)NC(C)C. The zero-order valence-electron chi connectivity index (χ0n) is 14.6. The van der Waals surface area contributed by atoms with Crippen molar-refractivity contribution in [2.24, 2.45) is 5.92 Å². The second-order valence-corrected chi connectivity index (χ2v) is 7.05. The zero-order valence-corrected chi connectivity index (χ0v) is 14.6. The van der Waals surface area contributed by atoms with Crippen molar-refractivity contribution in [3.63, 3.8) is 0 Å². The Bertz CT molecular complexity index is 314. The lowest BCUT2D eigenvalue weighted by Crippen LogP contribution is -2.59. The number of esters is 1. The van der Waals surface area contributed by atoms with Gasteiger partial charge < -0.3 is 9.64 Å². The molecule has 0 saturated heterocycles. The van der Waals surface area contributed by atoms with Crippen molar-refractivity contribution < 1.29 is 9.53 Å². The molecule has 1 aliphatic carbocycles. The number of rotatable bonds is 8. The Labute approximate surface area is 130 Å². The lowest BCUT2D eigenvalue weighted by atomic mass is 9.88. The van der Waals surface area contributed by atoms with Crippen LogP contribution in [0.3, 0.4) is 0 Å². The van der Waals surface area contributed by atoms with Crippen molar-refractivity contribution in [2.45, 2.75) is 71.4 Å². The number of ether oxygens (including phenoxy) is 1. The van der Waals surface area contributed by atoms with Gasteiger partial charge in [-0.05, 0) is 53.5 Å². The highest BCUT2D eigenvalue weighted by Gasteiger charge is 2.36. The average molecular weight is 298 g/mol. The standard InChI is InChI=1S/C17H34N2O2/c1-6-21-16(20)17(4,18-14(2)3)13-19(5)12-15-10-8-7-9-11-15/h14-15,18H,6-13H2,1-5H3. The molecule has 1 unspecified atom stereocenters. The molecule has 0 aromatic carbocycles. The molecule has 21 heavy (non-hydrogen) atoms. The van der Waals surface area contributed by atoms with E-state index in [1.54, 1.807) is 0 Å². The quantitative estimate of drug-likeness (QED) is 0.700. The molecule has 1 aliphatic rings. The maximum atomic E-state index is 12.3. The number of carbonyl (C=O) groups is 1. The summed E-state index contributed by atoms with van der Waals surface area (Å²) in [5, 5.41) is 3.39. The van der Waals surface area contributed by atoms with Crippen LogP contribution in [0.5, 0.6) is 0 Å². The lowest BCUT2D eigenvalue weighted by molar-refractivity contribution is -0.151. The number of likely N-dealkylation sites (N-methyl/N-ethyl adjacent to an activating group) is 1. The van der Waals surface area contributed by atoms with E-state index < -0.39 is 5.54 Å². The minimum absolute atomic E-state index is 0.144. The van der Waals surface area contributed by atoms with Crippen LogP contribution in [0.15, 0.2) is 0 Å². The highest BCUT2D eigenvalue weighted by atomic mass is 16.5. The predicted octanol–water partition coefficient (Wildman–Crippen LogP) is 2.82. The fourth-order valence-electron chi connectivity index (χ4n) is 3.51. The van der Waals surface area contributed by atoms with E-state index in [-0.39, 0.29) is 12.0 Å². The Morgan fingerprint density at radius 3 is 2.48 bits per heavy atom. The van der Waals surface area contributed by atoms with Crippen LogP contribution in [0, 0.1) is 5.92 Å². The average Bonchev–Trinajstić information content (AvgIpc) is 2.38. The summed E-state index contributed by atoms with van der Waals surface area (Å²) in [6, 6.07) is 0.252. The molecule has 1 atom stereocenters. The number of hydrogen-bond donors (Lipinski definition) is 1. The molecule has 1 rings (SSSR count). The Balaban J connectivity index is 2.59. The molecule has 0 bridgehead atoms. The van der Waals surface area contributed by atoms with Crippen molar-refractivity contribution in [1.82, 2.24) is 10.2 Å². The molecule has 0 heterocycles.